The van der Waals surface area contributed by atoms with Crippen molar-refractivity contribution in [3.8, 4) is 11.3 Å². The van der Waals surface area contributed by atoms with E-state index in [-0.39, 0.29) is 0 Å². The zero-order valence-corrected chi connectivity index (χ0v) is 10.4. The summed E-state index contributed by atoms with van der Waals surface area (Å²) < 4.78 is 26.2. The molecule has 0 radical (unpaired) electrons. The van der Waals surface area contributed by atoms with Gasteiger partial charge in [0.05, 0.1) is 11.4 Å². The van der Waals surface area contributed by atoms with Crippen molar-refractivity contribution in [2.24, 2.45) is 0 Å². The number of hydrogen-bond donors (Lipinski definition) is 1. The first kappa shape index (κ1) is 12.4. The summed E-state index contributed by atoms with van der Waals surface area (Å²) in [5.74, 6) is -1.22. The normalized spacial score (nSPS) is 10.5. The van der Waals surface area contributed by atoms with Gasteiger partial charge in [-0.3, -0.25) is 0 Å². The third-order valence-electron chi connectivity index (χ3n) is 2.74. The zero-order valence-electron chi connectivity index (χ0n) is 10.4. The molecule has 1 N–H and O–H groups in total. The summed E-state index contributed by atoms with van der Waals surface area (Å²) in [6.45, 7) is 3.67. The third kappa shape index (κ3) is 2.16. The maximum absolute atomic E-state index is 13.2. The van der Waals surface area contributed by atoms with Crippen LogP contribution in [0.4, 0.5) is 14.6 Å². The van der Waals surface area contributed by atoms with Crippen LogP contribution < -0.4 is 5.32 Å². The number of nitrogens with zero attached hydrogens (tertiary/aromatic N) is 2. The summed E-state index contributed by atoms with van der Waals surface area (Å²) in [7, 11) is 1.71. The lowest BCUT2D eigenvalue weighted by molar-refractivity contribution is 0.509. The van der Waals surface area contributed by atoms with Crippen molar-refractivity contribution in [2.45, 2.75) is 13.8 Å². The van der Waals surface area contributed by atoms with E-state index in [2.05, 4.69) is 15.3 Å². The Hall–Kier alpha value is -2.04. The topological polar surface area (TPSA) is 37.8 Å². The van der Waals surface area contributed by atoms with Gasteiger partial charge in [-0.2, -0.15) is 0 Å². The standard InChI is InChI=1S/C13H13F2N3/c1-7-8(2)18-13(16-3)12(17-7)9-4-5-10(14)11(15)6-9/h4-6H,1-3H3,(H,16,18). The first-order valence-electron chi connectivity index (χ1n) is 5.51. The van der Waals surface area contributed by atoms with Gasteiger partial charge >= 0.3 is 0 Å². The first-order chi connectivity index (χ1) is 8.52. The van der Waals surface area contributed by atoms with Crippen LogP contribution in [-0.4, -0.2) is 17.0 Å². The lowest BCUT2D eigenvalue weighted by atomic mass is 10.1. The average molecular weight is 249 g/mol. The van der Waals surface area contributed by atoms with E-state index in [9.17, 15) is 8.78 Å². The van der Waals surface area contributed by atoms with Gasteiger partial charge in [0.25, 0.3) is 0 Å². The summed E-state index contributed by atoms with van der Waals surface area (Å²) in [6, 6.07) is 3.69. The molecule has 2 rings (SSSR count). The van der Waals surface area contributed by atoms with E-state index in [0.717, 1.165) is 23.5 Å². The van der Waals surface area contributed by atoms with Crippen molar-refractivity contribution >= 4 is 5.82 Å². The van der Waals surface area contributed by atoms with Crippen molar-refractivity contribution in [3.63, 3.8) is 0 Å². The lowest BCUT2D eigenvalue weighted by Gasteiger charge is -2.10. The van der Waals surface area contributed by atoms with Gasteiger partial charge < -0.3 is 5.32 Å². The van der Waals surface area contributed by atoms with Gasteiger partial charge in [-0.05, 0) is 32.0 Å². The van der Waals surface area contributed by atoms with Crippen LogP contribution in [0.1, 0.15) is 11.4 Å². The average Bonchev–Trinajstić information content (AvgIpc) is 2.35. The minimum atomic E-state index is -0.894. The largest absolute Gasteiger partial charge is 0.371 e. The SMILES string of the molecule is CNc1nc(C)c(C)nc1-c1ccc(F)c(F)c1. The Morgan fingerprint density at radius 3 is 2.28 bits per heavy atom. The Labute approximate surface area is 104 Å². The van der Waals surface area contributed by atoms with Crippen LogP contribution in [0.3, 0.4) is 0 Å². The van der Waals surface area contributed by atoms with Crippen molar-refractivity contribution < 1.29 is 8.78 Å². The number of nitrogens with one attached hydrogen (secondary N) is 1. The highest BCUT2D eigenvalue weighted by Crippen LogP contribution is 2.26. The highest BCUT2D eigenvalue weighted by molar-refractivity contribution is 5.71. The van der Waals surface area contributed by atoms with Crippen LogP contribution in [0.2, 0.25) is 0 Å². The van der Waals surface area contributed by atoms with Crippen molar-refractivity contribution in [1.29, 1.82) is 0 Å². The molecule has 0 aliphatic rings. The van der Waals surface area contributed by atoms with E-state index in [0.29, 0.717) is 17.1 Å². The molecule has 94 valence electrons. The van der Waals surface area contributed by atoms with E-state index in [1.54, 1.807) is 7.05 Å². The van der Waals surface area contributed by atoms with Crippen LogP contribution >= 0.6 is 0 Å². The Morgan fingerprint density at radius 1 is 1.00 bits per heavy atom. The molecule has 0 saturated heterocycles. The van der Waals surface area contributed by atoms with Gasteiger partial charge in [-0.15, -0.1) is 0 Å². The zero-order chi connectivity index (χ0) is 13.3. The van der Waals surface area contributed by atoms with E-state index in [1.807, 2.05) is 13.8 Å². The van der Waals surface area contributed by atoms with Gasteiger partial charge in [0.1, 0.15) is 5.69 Å². The molecular formula is C13H13F2N3. The Morgan fingerprint density at radius 2 is 1.67 bits per heavy atom. The van der Waals surface area contributed by atoms with E-state index < -0.39 is 11.6 Å². The lowest BCUT2D eigenvalue weighted by Crippen LogP contribution is -2.03. The quantitative estimate of drug-likeness (QED) is 0.888. The highest BCUT2D eigenvalue weighted by Gasteiger charge is 2.12. The molecule has 0 unspecified atom stereocenters. The fourth-order valence-corrected chi connectivity index (χ4v) is 1.62. The molecule has 0 aliphatic heterocycles. The number of benzene rings is 1. The number of aromatic nitrogens is 2. The molecule has 3 nitrogen and oxygen atoms in total. The van der Waals surface area contributed by atoms with E-state index >= 15 is 0 Å². The smallest absolute Gasteiger partial charge is 0.159 e. The first-order valence-corrected chi connectivity index (χ1v) is 5.51. The molecule has 0 amide bonds. The number of rotatable bonds is 2. The Kier molecular flexibility index (Phi) is 3.23. The van der Waals surface area contributed by atoms with Crippen molar-refractivity contribution in [1.82, 2.24) is 9.97 Å². The predicted octanol–water partition coefficient (Wildman–Crippen LogP) is 3.08. The van der Waals surface area contributed by atoms with Crippen LogP contribution in [0.5, 0.6) is 0 Å². The maximum atomic E-state index is 13.2. The van der Waals surface area contributed by atoms with Gasteiger partial charge in [0.2, 0.25) is 0 Å². The number of anilines is 1. The van der Waals surface area contributed by atoms with Gasteiger partial charge in [0.15, 0.2) is 17.5 Å². The summed E-state index contributed by atoms with van der Waals surface area (Å²) >= 11 is 0. The fraction of sp³-hybridized carbons (Fsp3) is 0.231. The molecule has 1 aromatic heterocycles. The van der Waals surface area contributed by atoms with Gasteiger partial charge in [0, 0.05) is 12.6 Å². The monoisotopic (exact) mass is 249 g/mol. The van der Waals surface area contributed by atoms with Gasteiger partial charge in [-0.25, -0.2) is 18.7 Å². The molecular weight excluding hydrogens is 236 g/mol. The molecule has 0 aliphatic carbocycles. The highest BCUT2D eigenvalue weighted by atomic mass is 19.2. The second-order valence-electron chi connectivity index (χ2n) is 3.97. The summed E-state index contributed by atoms with van der Waals surface area (Å²) in [4.78, 5) is 8.70. The molecule has 0 fully saturated rings. The third-order valence-corrected chi connectivity index (χ3v) is 2.74. The summed E-state index contributed by atoms with van der Waals surface area (Å²) in [5.41, 5.74) is 2.56. The number of aryl methyl sites for hydroxylation is 2. The fourth-order valence-electron chi connectivity index (χ4n) is 1.62. The molecule has 0 bridgehead atoms. The van der Waals surface area contributed by atoms with Crippen molar-refractivity contribution in [3.05, 3.63) is 41.2 Å². The molecule has 2 aromatic rings. The minimum Gasteiger partial charge on any atom is -0.371 e. The van der Waals surface area contributed by atoms with Crippen molar-refractivity contribution in [2.75, 3.05) is 12.4 Å². The summed E-state index contributed by atoms with van der Waals surface area (Å²) in [6.07, 6.45) is 0. The summed E-state index contributed by atoms with van der Waals surface area (Å²) in [5, 5.41) is 2.91. The van der Waals surface area contributed by atoms with E-state index in [1.165, 1.54) is 6.07 Å². The van der Waals surface area contributed by atoms with Crippen LogP contribution in [0.25, 0.3) is 11.3 Å². The molecule has 5 heteroatoms. The second-order valence-corrected chi connectivity index (χ2v) is 3.97. The second kappa shape index (κ2) is 4.68. The minimum absolute atomic E-state index is 0.494. The Balaban J connectivity index is 2.62. The molecule has 0 atom stereocenters. The van der Waals surface area contributed by atoms with Crippen LogP contribution in [0, 0.1) is 25.5 Å². The van der Waals surface area contributed by atoms with E-state index in [4.69, 9.17) is 0 Å². The number of halogens is 2. The van der Waals surface area contributed by atoms with Crippen LogP contribution in [0.15, 0.2) is 18.2 Å². The van der Waals surface area contributed by atoms with Gasteiger partial charge in [-0.1, -0.05) is 0 Å². The molecule has 1 heterocycles. The Bertz CT molecular complexity index is 597. The molecule has 0 saturated carbocycles. The number of hydrogen-bond acceptors (Lipinski definition) is 3. The maximum Gasteiger partial charge on any atom is 0.159 e. The predicted molar refractivity (Wildman–Crippen MR) is 66.4 cm³/mol. The van der Waals surface area contributed by atoms with Crippen LogP contribution in [-0.2, 0) is 0 Å². The molecule has 1 aromatic carbocycles. The molecule has 0 spiro atoms. The molecule has 18 heavy (non-hydrogen) atoms.